The van der Waals surface area contributed by atoms with Gasteiger partial charge in [-0.1, -0.05) is 79.3 Å². The van der Waals surface area contributed by atoms with Gasteiger partial charge in [-0.3, -0.25) is 9.36 Å². The van der Waals surface area contributed by atoms with E-state index in [1.807, 2.05) is 82.0 Å². The Balaban J connectivity index is 1.57. The summed E-state index contributed by atoms with van der Waals surface area (Å²) in [6, 6.07) is 28.0. The Morgan fingerprint density at radius 2 is 1.59 bits per heavy atom. The predicted molar refractivity (Wildman–Crippen MR) is 140 cm³/mol. The standard InChI is InChI=1S/C28H26N4OS/c1-3-20(2)32-27(33)24-16-10-11-17-25(24)29-28(32)34-19-22-18-31(23-14-8-5-9-15-23)30-26(22)21-12-6-4-7-13-21/h4-18,20H,3,19H2,1-2H3/t20-/m1/s1. The van der Waals surface area contributed by atoms with Crippen LogP contribution < -0.4 is 5.56 Å². The molecule has 0 radical (unpaired) electrons. The number of aromatic nitrogens is 4. The van der Waals surface area contributed by atoms with Crippen molar-refractivity contribution in [2.75, 3.05) is 0 Å². The SMILES string of the molecule is CC[C@@H](C)n1c(SCc2cn(-c3ccccc3)nc2-c2ccccc2)nc2ccccc2c1=O. The van der Waals surface area contributed by atoms with E-state index < -0.39 is 0 Å². The zero-order valence-corrected chi connectivity index (χ0v) is 20.1. The van der Waals surface area contributed by atoms with Crippen LogP contribution >= 0.6 is 11.8 Å². The van der Waals surface area contributed by atoms with E-state index in [1.165, 1.54) is 0 Å². The van der Waals surface area contributed by atoms with E-state index in [1.54, 1.807) is 11.8 Å². The summed E-state index contributed by atoms with van der Waals surface area (Å²) in [5.74, 6) is 0.651. The van der Waals surface area contributed by atoms with Gasteiger partial charge in [0.1, 0.15) is 0 Å². The largest absolute Gasteiger partial charge is 0.284 e. The molecule has 2 aromatic heterocycles. The highest BCUT2D eigenvalue weighted by molar-refractivity contribution is 7.98. The van der Waals surface area contributed by atoms with Crippen molar-refractivity contribution in [3.05, 3.63) is 107 Å². The van der Waals surface area contributed by atoms with Gasteiger partial charge in [-0.2, -0.15) is 5.10 Å². The molecule has 0 N–H and O–H groups in total. The number of benzene rings is 3. The van der Waals surface area contributed by atoms with Crippen molar-refractivity contribution in [3.63, 3.8) is 0 Å². The Morgan fingerprint density at radius 1 is 0.912 bits per heavy atom. The summed E-state index contributed by atoms with van der Waals surface area (Å²) in [7, 11) is 0. The molecule has 0 fully saturated rings. The summed E-state index contributed by atoms with van der Waals surface area (Å²) >= 11 is 1.59. The molecule has 6 heteroatoms. The van der Waals surface area contributed by atoms with Gasteiger partial charge in [0.2, 0.25) is 0 Å². The lowest BCUT2D eigenvalue weighted by Crippen LogP contribution is -2.26. The topological polar surface area (TPSA) is 52.7 Å². The second-order valence-electron chi connectivity index (χ2n) is 8.28. The van der Waals surface area contributed by atoms with Crippen LogP contribution in [-0.2, 0) is 5.75 Å². The molecule has 170 valence electrons. The van der Waals surface area contributed by atoms with E-state index >= 15 is 0 Å². The van der Waals surface area contributed by atoms with Crippen LogP contribution in [0.1, 0.15) is 31.9 Å². The van der Waals surface area contributed by atoms with Crippen LogP contribution in [0.4, 0.5) is 0 Å². The minimum atomic E-state index is 0.0192. The number of thioether (sulfide) groups is 1. The van der Waals surface area contributed by atoms with Crippen LogP contribution in [0.15, 0.2) is 101 Å². The van der Waals surface area contributed by atoms with E-state index in [9.17, 15) is 4.79 Å². The van der Waals surface area contributed by atoms with Crippen molar-refractivity contribution in [1.82, 2.24) is 19.3 Å². The van der Waals surface area contributed by atoms with Gasteiger partial charge < -0.3 is 0 Å². The molecule has 34 heavy (non-hydrogen) atoms. The van der Waals surface area contributed by atoms with Gasteiger partial charge in [-0.15, -0.1) is 0 Å². The zero-order chi connectivity index (χ0) is 23.5. The van der Waals surface area contributed by atoms with Gasteiger partial charge in [-0.25, -0.2) is 9.67 Å². The number of para-hydroxylation sites is 2. The normalized spacial score (nSPS) is 12.2. The molecule has 0 saturated heterocycles. The fraction of sp³-hybridized carbons (Fsp3) is 0.179. The molecule has 5 aromatic rings. The summed E-state index contributed by atoms with van der Waals surface area (Å²) in [5.41, 5.74) is 4.87. The lowest BCUT2D eigenvalue weighted by molar-refractivity contribution is 0.468. The fourth-order valence-corrected chi connectivity index (χ4v) is 5.07. The molecule has 0 saturated carbocycles. The summed E-state index contributed by atoms with van der Waals surface area (Å²) in [5, 5.41) is 6.32. The number of hydrogen-bond donors (Lipinski definition) is 0. The van der Waals surface area contributed by atoms with Crippen LogP contribution in [0, 0.1) is 0 Å². The van der Waals surface area contributed by atoms with Gasteiger partial charge in [0, 0.05) is 29.1 Å². The minimum absolute atomic E-state index is 0.0192. The predicted octanol–water partition coefficient (Wildman–Crippen LogP) is 6.51. The maximum Gasteiger partial charge on any atom is 0.262 e. The average molecular weight is 467 g/mol. The highest BCUT2D eigenvalue weighted by atomic mass is 32.2. The van der Waals surface area contributed by atoms with Gasteiger partial charge in [-0.05, 0) is 37.6 Å². The van der Waals surface area contributed by atoms with Crippen LogP contribution in [0.25, 0.3) is 27.8 Å². The Labute approximate surface area is 203 Å². The monoisotopic (exact) mass is 466 g/mol. The van der Waals surface area contributed by atoms with Crippen molar-refractivity contribution >= 4 is 22.7 Å². The van der Waals surface area contributed by atoms with E-state index in [0.29, 0.717) is 11.1 Å². The summed E-state index contributed by atoms with van der Waals surface area (Å²) < 4.78 is 3.77. The average Bonchev–Trinajstić information content (AvgIpc) is 3.32. The van der Waals surface area contributed by atoms with Gasteiger partial charge in [0.25, 0.3) is 5.56 Å². The fourth-order valence-electron chi connectivity index (χ4n) is 4.01. The van der Waals surface area contributed by atoms with E-state index in [0.717, 1.165) is 39.6 Å². The lowest BCUT2D eigenvalue weighted by atomic mass is 10.1. The maximum atomic E-state index is 13.3. The third kappa shape index (κ3) is 4.29. The van der Waals surface area contributed by atoms with Crippen LogP contribution in [0.5, 0.6) is 0 Å². The first-order valence-corrected chi connectivity index (χ1v) is 12.5. The van der Waals surface area contributed by atoms with E-state index in [-0.39, 0.29) is 11.6 Å². The van der Waals surface area contributed by atoms with Gasteiger partial charge in [0.15, 0.2) is 5.16 Å². The first-order chi connectivity index (χ1) is 16.7. The Hall–Kier alpha value is -3.64. The summed E-state index contributed by atoms with van der Waals surface area (Å²) in [6.45, 7) is 4.17. The third-order valence-corrected chi connectivity index (χ3v) is 7.02. The van der Waals surface area contributed by atoms with Crippen LogP contribution in [-0.4, -0.2) is 19.3 Å². The molecule has 0 aliphatic rings. The van der Waals surface area contributed by atoms with Crippen molar-refractivity contribution in [2.45, 2.75) is 37.2 Å². The first kappa shape index (κ1) is 22.2. The first-order valence-electron chi connectivity index (χ1n) is 11.5. The van der Waals surface area contributed by atoms with E-state index in [4.69, 9.17) is 10.1 Å². The molecule has 0 aliphatic carbocycles. The molecule has 0 bridgehead atoms. The molecule has 1 atom stereocenters. The van der Waals surface area contributed by atoms with Crippen molar-refractivity contribution < 1.29 is 0 Å². The van der Waals surface area contributed by atoms with Gasteiger partial charge >= 0.3 is 0 Å². The Morgan fingerprint density at radius 3 is 2.32 bits per heavy atom. The van der Waals surface area contributed by atoms with Crippen molar-refractivity contribution in [3.8, 4) is 16.9 Å². The second-order valence-corrected chi connectivity index (χ2v) is 9.22. The molecular formula is C28H26N4OS. The zero-order valence-electron chi connectivity index (χ0n) is 19.3. The smallest absolute Gasteiger partial charge is 0.262 e. The van der Waals surface area contributed by atoms with Gasteiger partial charge in [0.05, 0.1) is 22.3 Å². The van der Waals surface area contributed by atoms with Crippen molar-refractivity contribution in [2.24, 2.45) is 0 Å². The minimum Gasteiger partial charge on any atom is -0.284 e. The number of fused-ring (bicyclic) bond motifs is 1. The third-order valence-electron chi connectivity index (χ3n) is 6.02. The molecule has 5 nitrogen and oxygen atoms in total. The van der Waals surface area contributed by atoms with Crippen LogP contribution in [0.3, 0.4) is 0 Å². The van der Waals surface area contributed by atoms with E-state index in [2.05, 4.69) is 32.2 Å². The maximum absolute atomic E-state index is 13.3. The Bertz CT molecular complexity index is 1480. The number of nitrogens with zero attached hydrogens (tertiary/aromatic N) is 4. The second kappa shape index (κ2) is 9.69. The highest BCUT2D eigenvalue weighted by Crippen LogP contribution is 2.31. The molecular weight excluding hydrogens is 440 g/mol. The van der Waals surface area contributed by atoms with Crippen LogP contribution in [0.2, 0.25) is 0 Å². The summed E-state index contributed by atoms with van der Waals surface area (Å²) in [6.07, 6.45) is 2.94. The molecule has 2 heterocycles. The highest BCUT2D eigenvalue weighted by Gasteiger charge is 2.18. The summed E-state index contributed by atoms with van der Waals surface area (Å²) in [4.78, 5) is 18.2. The molecule has 0 spiro atoms. The molecule has 0 unspecified atom stereocenters. The Kier molecular flexibility index (Phi) is 6.32. The van der Waals surface area contributed by atoms with Crippen molar-refractivity contribution in [1.29, 1.82) is 0 Å². The molecule has 0 amide bonds. The molecule has 0 aliphatic heterocycles. The number of hydrogen-bond acceptors (Lipinski definition) is 4. The quantitative estimate of drug-likeness (QED) is 0.203. The number of rotatable bonds is 7. The molecule has 3 aromatic carbocycles. The molecule has 5 rings (SSSR count). The lowest BCUT2D eigenvalue weighted by Gasteiger charge is -2.18.